The number of nitrogens with one attached hydrogen (secondary N) is 1. The van der Waals surface area contributed by atoms with E-state index >= 15 is 0 Å². The maximum atomic E-state index is 14.0. The molecule has 0 aliphatic carbocycles. The SMILES string of the molecule is Fc1cc(CO[C@H]2CCNC2)c(-c2cccc(F)c2F)cc1F. The van der Waals surface area contributed by atoms with E-state index in [0.717, 1.165) is 31.2 Å². The van der Waals surface area contributed by atoms with Crippen molar-refractivity contribution in [3.63, 3.8) is 0 Å². The maximum absolute atomic E-state index is 14.0. The van der Waals surface area contributed by atoms with Gasteiger partial charge >= 0.3 is 0 Å². The molecule has 0 aromatic heterocycles. The van der Waals surface area contributed by atoms with Crippen molar-refractivity contribution in [2.24, 2.45) is 0 Å². The minimum absolute atomic E-state index is 0.00513. The lowest BCUT2D eigenvalue weighted by Crippen LogP contribution is -2.16. The lowest BCUT2D eigenvalue weighted by atomic mass is 9.99. The monoisotopic (exact) mass is 325 g/mol. The van der Waals surface area contributed by atoms with Crippen molar-refractivity contribution in [1.29, 1.82) is 0 Å². The first-order valence-electron chi connectivity index (χ1n) is 7.31. The topological polar surface area (TPSA) is 21.3 Å². The Morgan fingerprint density at radius 1 is 1.00 bits per heavy atom. The molecule has 3 rings (SSSR count). The van der Waals surface area contributed by atoms with Crippen molar-refractivity contribution in [2.45, 2.75) is 19.1 Å². The van der Waals surface area contributed by atoms with E-state index in [1.54, 1.807) is 0 Å². The minimum Gasteiger partial charge on any atom is -0.372 e. The van der Waals surface area contributed by atoms with Crippen LogP contribution in [-0.2, 0) is 11.3 Å². The summed E-state index contributed by atoms with van der Waals surface area (Å²) in [6.07, 6.45) is 0.779. The summed E-state index contributed by atoms with van der Waals surface area (Å²) >= 11 is 0. The predicted molar refractivity (Wildman–Crippen MR) is 77.8 cm³/mol. The van der Waals surface area contributed by atoms with Crippen molar-refractivity contribution in [3.8, 4) is 11.1 Å². The lowest BCUT2D eigenvalue weighted by molar-refractivity contribution is 0.0543. The van der Waals surface area contributed by atoms with Crippen LogP contribution in [0.25, 0.3) is 11.1 Å². The standard InChI is InChI=1S/C17H15F4NO/c18-14-3-1-2-12(17(14)21)13-7-16(20)15(19)6-10(13)9-23-11-4-5-22-8-11/h1-3,6-7,11,22H,4-5,8-9H2/t11-/m0/s1. The van der Waals surface area contributed by atoms with Gasteiger partial charge in [-0.05, 0) is 42.3 Å². The van der Waals surface area contributed by atoms with E-state index in [1.165, 1.54) is 12.1 Å². The van der Waals surface area contributed by atoms with Crippen LogP contribution < -0.4 is 5.32 Å². The molecule has 0 bridgehead atoms. The van der Waals surface area contributed by atoms with Crippen LogP contribution in [0.3, 0.4) is 0 Å². The van der Waals surface area contributed by atoms with Gasteiger partial charge in [0.15, 0.2) is 23.3 Å². The summed E-state index contributed by atoms with van der Waals surface area (Å²) in [4.78, 5) is 0. The van der Waals surface area contributed by atoms with Gasteiger partial charge in [-0.25, -0.2) is 17.6 Å². The van der Waals surface area contributed by atoms with E-state index < -0.39 is 23.3 Å². The van der Waals surface area contributed by atoms with Crippen LogP contribution in [0.15, 0.2) is 30.3 Å². The molecule has 1 fully saturated rings. The molecule has 1 saturated heterocycles. The first kappa shape index (κ1) is 16.0. The molecule has 1 atom stereocenters. The van der Waals surface area contributed by atoms with Gasteiger partial charge < -0.3 is 10.1 Å². The summed E-state index contributed by atoms with van der Waals surface area (Å²) < 4.78 is 60.2. The summed E-state index contributed by atoms with van der Waals surface area (Å²) in [5.74, 6) is -4.30. The van der Waals surface area contributed by atoms with Crippen molar-refractivity contribution >= 4 is 0 Å². The molecule has 0 saturated carbocycles. The molecule has 1 heterocycles. The normalized spacial score (nSPS) is 17.7. The molecule has 23 heavy (non-hydrogen) atoms. The molecule has 0 unspecified atom stereocenters. The molecular weight excluding hydrogens is 310 g/mol. The average Bonchev–Trinajstić information content (AvgIpc) is 3.04. The number of ether oxygens (including phenoxy) is 1. The van der Waals surface area contributed by atoms with Gasteiger partial charge in [-0.15, -0.1) is 0 Å². The zero-order valence-electron chi connectivity index (χ0n) is 12.2. The second-order valence-corrected chi connectivity index (χ2v) is 5.45. The van der Waals surface area contributed by atoms with Crippen molar-refractivity contribution in [1.82, 2.24) is 5.32 Å². The van der Waals surface area contributed by atoms with Gasteiger partial charge in [0.05, 0.1) is 12.7 Å². The van der Waals surface area contributed by atoms with Gasteiger partial charge in [0.1, 0.15) is 0 Å². The Labute approximate surface area is 131 Å². The molecule has 0 amide bonds. The van der Waals surface area contributed by atoms with E-state index in [4.69, 9.17) is 4.74 Å². The molecule has 2 aromatic carbocycles. The van der Waals surface area contributed by atoms with Gasteiger partial charge in [0.25, 0.3) is 0 Å². The van der Waals surface area contributed by atoms with Crippen molar-refractivity contribution in [2.75, 3.05) is 13.1 Å². The molecule has 0 radical (unpaired) electrons. The smallest absolute Gasteiger partial charge is 0.166 e. The van der Waals surface area contributed by atoms with Crippen LogP contribution in [0.5, 0.6) is 0 Å². The Morgan fingerprint density at radius 3 is 2.52 bits per heavy atom. The Balaban J connectivity index is 1.97. The molecule has 2 nitrogen and oxygen atoms in total. The Morgan fingerprint density at radius 2 is 1.78 bits per heavy atom. The van der Waals surface area contributed by atoms with Gasteiger partial charge in [-0.1, -0.05) is 12.1 Å². The van der Waals surface area contributed by atoms with Gasteiger partial charge in [-0.2, -0.15) is 0 Å². The fourth-order valence-electron chi connectivity index (χ4n) is 2.65. The molecular formula is C17H15F4NO. The van der Waals surface area contributed by atoms with Crippen molar-refractivity contribution in [3.05, 3.63) is 59.2 Å². The zero-order valence-corrected chi connectivity index (χ0v) is 12.2. The number of rotatable bonds is 4. The summed E-state index contributed by atoms with van der Waals surface area (Å²) in [6, 6.07) is 5.46. The Hall–Kier alpha value is -1.92. The highest BCUT2D eigenvalue weighted by Crippen LogP contribution is 2.30. The van der Waals surface area contributed by atoms with Crippen LogP contribution in [0, 0.1) is 23.3 Å². The largest absolute Gasteiger partial charge is 0.372 e. The quantitative estimate of drug-likeness (QED) is 0.864. The Kier molecular flexibility index (Phi) is 4.63. The van der Waals surface area contributed by atoms with Crippen molar-refractivity contribution < 1.29 is 22.3 Å². The van der Waals surface area contributed by atoms with E-state index in [1.807, 2.05) is 0 Å². The van der Waals surface area contributed by atoms with Crippen LogP contribution >= 0.6 is 0 Å². The second-order valence-electron chi connectivity index (χ2n) is 5.45. The van der Waals surface area contributed by atoms with Gasteiger partial charge in [0.2, 0.25) is 0 Å². The highest BCUT2D eigenvalue weighted by Gasteiger charge is 2.19. The molecule has 122 valence electrons. The lowest BCUT2D eigenvalue weighted by Gasteiger charge is -2.15. The maximum Gasteiger partial charge on any atom is 0.166 e. The van der Waals surface area contributed by atoms with E-state index in [-0.39, 0.29) is 29.4 Å². The van der Waals surface area contributed by atoms with Gasteiger partial charge in [-0.3, -0.25) is 0 Å². The number of hydrogen-bond acceptors (Lipinski definition) is 2. The third kappa shape index (κ3) is 3.38. The Bertz CT molecular complexity index is 714. The average molecular weight is 325 g/mol. The second kappa shape index (κ2) is 6.68. The van der Waals surface area contributed by atoms with E-state index in [0.29, 0.717) is 6.54 Å². The molecule has 1 aliphatic heterocycles. The summed E-state index contributed by atoms with van der Waals surface area (Å²) in [5.41, 5.74) is 0.249. The third-order valence-electron chi connectivity index (χ3n) is 3.88. The zero-order chi connectivity index (χ0) is 16.4. The van der Waals surface area contributed by atoms with E-state index in [9.17, 15) is 17.6 Å². The molecule has 0 spiro atoms. The summed E-state index contributed by atoms with van der Waals surface area (Å²) in [7, 11) is 0. The molecule has 2 aromatic rings. The predicted octanol–water partition coefficient (Wildman–Crippen LogP) is 3.79. The highest BCUT2D eigenvalue weighted by atomic mass is 19.2. The fraction of sp³-hybridized carbons (Fsp3) is 0.294. The summed E-state index contributed by atoms with van der Waals surface area (Å²) in [5, 5.41) is 3.12. The van der Waals surface area contributed by atoms with Crippen LogP contribution in [0.2, 0.25) is 0 Å². The van der Waals surface area contributed by atoms with Crippen LogP contribution in [-0.4, -0.2) is 19.2 Å². The first-order valence-corrected chi connectivity index (χ1v) is 7.31. The third-order valence-corrected chi connectivity index (χ3v) is 3.88. The molecule has 1 aliphatic rings. The number of benzene rings is 2. The van der Waals surface area contributed by atoms with Gasteiger partial charge in [0, 0.05) is 12.1 Å². The molecule has 1 N–H and O–H groups in total. The van der Waals surface area contributed by atoms with Crippen LogP contribution in [0.4, 0.5) is 17.6 Å². The van der Waals surface area contributed by atoms with E-state index in [2.05, 4.69) is 5.32 Å². The minimum atomic E-state index is -1.12. The molecule has 6 heteroatoms. The van der Waals surface area contributed by atoms with Crippen LogP contribution in [0.1, 0.15) is 12.0 Å². The summed E-state index contributed by atoms with van der Waals surface area (Å²) in [6.45, 7) is 1.50. The fourth-order valence-corrected chi connectivity index (χ4v) is 2.65. The highest BCUT2D eigenvalue weighted by molar-refractivity contribution is 5.68. The number of halogens is 4. The first-order chi connectivity index (χ1) is 11.1. The number of hydrogen-bond donors (Lipinski definition) is 1.